The van der Waals surface area contributed by atoms with Gasteiger partial charge in [-0.05, 0) is 27.2 Å². The summed E-state index contributed by atoms with van der Waals surface area (Å²) < 4.78 is 1.86. The summed E-state index contributed by atoms with van der Waals surface area (Å²) in [4.78, 5) is 0. The van der Waals surface area contributed by atoms with Crippen molar-refractivity contribution in [3.63, 3.8) is 0 Å². The molecule has 0 saturated heterocycles. The molecule has 0 saturated carbocycles. The first-order chi connectivity index (χ1) is 7.42. The number of hydrogen-bond acceptors (Lipinski definition) is 3. The van der Waals surface area contributed by atoms with Crippen LogP contribution in [0.5, 0.6) is 0 Å². The van der Waals surface area contributed by atoms with Gasteiger partial charge < -0.3 is 10.6 Å². The van der Waals surface area contributed by atoms with Crippen molar-refractivity contribution < 1.29 is 0 Å². The van der Waals surface area contributed by atoms with E-state index in [9.17, 15) is 0 Å². The lowest BCUT2D eigenvalue weighted by atomic mass is 10.1. The number of hydrogen-bond donors (Lipinski definition) is 2. The van der Waals surface area contributed by atoms with Crippen LogP contribution in [0.2, 0.25) is 0 Å². The minimum absolute atomic E-state index is 0.185. The lowest BCUT2D eigenvalue weighted by Crippen LogP contribution is -2.38. The van der Waals surface area contributed by atoms with Gasteiger partial charge in [0.2, 0.25) is 0 Å². The Morgan fingerprint density at radius 2 is 2.00 bits per heavy atom. The molecule has 0 spiro atoms. The van der Waals surface area contributed by atoms with E-state index in [4.69, 9.17) is 0 Å². The second-order valence-electron chi connectivity index (χ2n) is 5.12. The molecule has 1 aromatic heterocycles. The first-order valence-corrected chi connectivity index (χ1v) is 5.94. The molecule has 0 aliphatic heterocycles. The Labute approximate surface area is 98.4 Å². The van der Waals surface area contributed by atoms with Crippen LogP contribution in [0, 0.1) is 0 Å². The smallest absolute Gasteiger partial charge is 0.0853 e. The van der Waals surface area contributed by atoms with Gasteiger partial charge in [-0.3, -0.25) is 4.68 Å². The molecule has 4 heteroatoms. The second kappa shape index (κ2) is 5.34. The van der Waals surface area contributed by atoms with Crippen molar-refractivity contribution in [3.8, 4) is 0 Å². The van der Waals surface area contributed by atoms with Crippen LogP contribution in [0.3, 0.4) is 0 Å². The fraction of sp³-hybridized carbons (Fsp3) is 0.750. The lowest BCUT2D eigenvalue weighted by molar-refractivity contribution is 0.435. The highest BCUT2D eigenvalue weighted by Gasteiger charge is 2.08. The van der Waals surface area contributed by atoms with E-state index >= 15 is 0 Å². The lowest BCUT2D eigenvalue weighted by Gasteiger charge is -2.20. The summed E-state index contributed by atoms with van der Waals surface area (Å²) in [6.45, 7) is 10.5. The van der Waals surface area contributed by atoms with Gasteiger partial charge in [0.25, 0.3) is 0 Å². The summed E-state index contributed by atoms with van der Waals surface area (Å²) in [7, 11) is 1.96. The molecule has 0 unspecified atom stereocenters. The number of aryl methyl sites for hydroxylation is 2. The average molecular weight is 224 g/mol. The zero-order valence-electron chi connectivity index (χ0n) is 11.1. The van der Waals surface area contributed by atoms with Gasteiger partial charge in [-0.25, -0.2) is 0 Å². The molecule has 16 heavy (non-hydrogen) atoms. The van der Waals surface area contributed by atoms with Crippen molar-refractivity contribution in [2.24, 2.45) is 7.05 Å². The van der Waals surface area contributed by atoms with Crippen LogP contribution < -0.4 is 10.6 Å². The Morgan fingerprint density at radius 3 is 2.56 bits per heavy atom. The number of nitrogens with zero attached hydrogens (tertiary/aromatic N) is 2. The summed E-state index contributed by atoms with van der Waals surface area (Å²) in [5, 5.41) is 11.2. The fourth-order valence-corrected chi connectivity index (χ4v) is 1.58. The van der Waals surface area contributed by atoms with Crippen LogP contribution in [-0.4, -0.2) is 28.4 Å². The van der Waals surface area contributed by atoms with Crippen molar-refractivity contribution in [1.82, 2.24) is 15.1 Å². The summed E-state index contributed by atoms with van der Waals surface area (Å²) in [6.07, 6.45) is 3.01. The molecule has 0 atom stereocenters. The zero-order chi connectivity index (χ0) is 12.2. The largest absolute Gasteiger partial charge is 0.381 e. The summed E-state index contributed by atoms with van der Waals surface area (Å²) >= 11 is 0. The molecule has 0 bridgehead atoms. The molecule has 1 heterocycles. The third-order valence-corrected chi connectivity index (χ3v) is 2.34. The molecule has 2 N–H and O–H groups in total. The molecule has 0 aliphatic rings. The van der Waals surface area contributed by atoms with Gasteiger partial charge in [-0.15, -0.1) is 0 Å². The zero-order valence-corrected chi connectivity index (χ0v) is 11.1. The van der Waals surface area contributed by atoms with Crippen LogP contribution in [0.1, 0.15) is 33.4 Å². The van der Waals surface area contributed by atoms with Gasteiger partial charge >= 0.3 is 0 Å². The van der Waals surface area contributed by atoms with Crippen LogP contribution in [0.15, 0.2) is 6.20 Å². The average Bonchev–Trinajstić information content (AvgIpc) is 2.52. The Bertz CT molecular complexity index is 322. The summed E-state index contributed by atoms with van der Waals surface area (Å²) in [5.74, 6) is 0. The normalized spacial score (nSPS) is 11.8. The molecule has 1 rings (SSSR count). The fourth-order valence-electron chi connectivity index (χ4n) is 1.58. The maximum absolute atomic E-state index is 4.39. The molecule has 0 aromatic carbocycles. The van der Waals surface area contributed by atoms with Gasteiger partial charge in [-0.1, -0.05) is 6.92 Å². The minimum Gasteiger partial charge on any atom is -0.381 e. The molecule has 0 amide bonds. The van der Waals surface area contributed by atoms with Gasteiger partial charge in [0.1, 0.15) is 0 Å². The minimum atomic E-state index is 0.185. The maximum atomic E-state index is 4.39. The van der Waals surface area contributed by atoms with Crippen molar-refractivity contribution in [3.05, 3.63) is 11.9 Å². The number of rotatable bonds is 5. The van der Waals surface area contributed by atoms with Crippen molar-refractivity contribution in [2.45, 2.75) is 39.7 Å². The molecule has 0 aliphatic carbocycles. The Morgan fingerprint density at radius 1 is 1.31 bits per heavy atom. The van der Waals surface area contributed by atoms with E-state index in [-0.39, 0.29) is 5.54 Å². The number of nitrogens with one attached hydrogen (secondary N) is 2. The molecular formula is C12H24N4. The Kier molecular flexibility index (Phi) is 4.35. The SMILES string of the molecule is CCc1nn(C)cc1NCCNC(C)(C)C. The quantitative estimate of drug-likeness (QED) is 0.749. The molecule has 4 nitrogen and oxygen atoms in total. The highest BCUT2D eigenvalue weighted by molar-refractivity contribution is 5.46. The van der Waals surface area contributed by atoms with Gasteiger partial charge in [0, 0.05) is 31.9 Å². The van der Waals surface area contributed by atoms with Gasteiger partial charge in [-0.2, -0.15) is 5.10 Å². The Hall–Kier alpha value is -1.03. The highest BCUT2D eigenvalue weighted by atomic mass is 15.3. The highest BCUT2D eigenvalue weighted by Crippen LogP contribution is 2.12. The maximum Gasteiger partial charge on any atom is 0.0853 e. The summed E-state index contributed by atoms with van der Waals surface area (Å²) in [6, 6.07) is 0. The topological polar surface area (TPSA) is 41.9 Å². The van der Waals surface area contributed by atoms with Gasteiger partial charge in [0.15, 0.2) is 0 Å². The first-order valence-electron chi connectivity index (χ1n) is 5.94. The second-order valence-corrected chi connectivity index (χ2v) is 5.12. The van der Waals surface area contributed by atoms with Crippen LogP contribution in [-0.2, 0) is 13.5 Å². The van der Waals surface area contributed by atoms with Crippen molar-refractivity contribution in [2.75, 3.05) is 18.4 Å². The molecule has 0 fully saturated rings. The van der Waals surface area contributed by atoms with Crippen molar-refractivity contribution >= 4 is 5.69 Å². The third-order valence-electron chi connectivity index (χ3n) is 2.34. The van der Waals surface area contributed by atoms with Gasteiger partial charge in [0.05, 0.1) is 11.4 Å². The number of aromatic nitrogens is 2. The van der Waals surface area contributed by atoms with E-state index in [0.29, 0.717) is 0 Å². The first kappa shape index (κ1) is 13.0. The van der Waals surface area contributed by atoms with E-state index in [0.717, 1.165) is 30.9 Å². The molecule has 92 valence electrons. The molecular weight excluding hydrogens is 200 g/mol. The van der Waals surface area contributed by atoms with Crippen molar-refractivity contribution in [1.29, 1.82) is 0 Å². The third kappa shape index (κ3) is 4.23. The Balaban J connectivity index is 2.37. The van der Waals surface area contributed by atoms with Crippen LogP contribution >= 0.6 is 0 Å². The number of anilines is 1. The van der Waals surface area contributed by atoms with Crippen LogP contribution in [0.4, 0.5) is 5.69 Å². The summed E-state index contributed by atoms with van der Waals surface area (Å²) in [5.41, 5.74) is 2.48. The standard InChI is InChI=1S/C12H24N4/c1-6-10-11(9-16(5)15-10)13-7-8-14-12(2,3)4/h9,13-14H,6-8H2,1-5H3. The predicted octanol–water partition coefficient (Wildman–Crippen LogP) is 1.78. The van der Waals surface area contributed by atoms with E-state index < -0.39 is 0 Å². The van der Waals surface area contributed by atoms with E-state index in [1.54, 1.807) is 0 Å². The molecule has 0 radical (unpaired) electrons. The van der Waals surface area contributed by atoms with E-state index in [1.165, 1.54) is 0 Å². The molecule has 1 aromatic rings. The predicted molar refractivity (Wildman–Crippen MR) is 68.8 cm³/mol. The van der Waals surface area contributed by atoms with Crippen LogP contribution in [0.25, 0.3) is 0 Å². The monoisotopic (exact) mass is 224 g/mol. The van der Waals surface area contributed by atoms with E-state index in [2.05, 4.69) is 43.4 Å². The van der Waals surface area contributed by atoms with E-state index in [1.807, 2.05) is 17.9 Å².